The number of aryl methyl sites for hydroxylation is 4. The van der Waals surface area contributed by atoms with Crippen LogP contribution in [0.1, 0.15) is 41.2 Å². The van der Waals surface area contributed by atoms with E-state index < -0.39 is 5.63 Å². The van der Waals surface area contributed by atoms with Crippen molar-refractivity contribution in [3.05, 3.63) is 74.6 Å². The monoisotopic (exact) mass is 394 g/mol. The third kappa shape index (κ3) is 5.05. The molecule has 0 unspecified atom stereocenters. The second-order valence-corrected chi connectivity index (χ2v) is 7.23. The Morgan fingerprint density at radius 1 is 1.00 bits per heavy atom. The van der Waals surface area contributed by atoms with Gasteiger partial charge in [0.2, 0.25) is 0 Å². The predicted molar refractivity (Wildman–Crippen MR) is 112 cm³/mol. The Labute approximate surface area is 170 Å². The van der Waals surface area contributed by atoms with E-state index >= 15 is 0 Å². The number of carbonyl (C=O) groups excluding carboxylic acids is 1. The maximum absolute atomic E-state index is 11.8. The van der Waals surface area contributed by atoms with Gasteiger partial charge in [0.1, 0.15) is 17.9 Å². The summed E-state index contributed by atoms with van der Waals surface area (Å²) in [6, 6.07) is 11.4. The molecule has 0 aliphatic rings. The van der Waals surface area contributed by atoms with Crippen LogP contribution in [-0.4, -0.2) is 12.6 Å². The molecule has 0 atom stereocenters. The summed E-state index contributed by atoms with van der Waals surface area (Å²) < 4.78 is 16.5. The van der Waals surface area contributed by atoms with E-state index in [1.807, 2.05) is 26.8 Å². The van der Waals surface area contributed by atoms with Crippen LogP contribution in [0.15, 0.2) is 45.6 Å². The highest BCUT2D eigenvalue weighted by molar-refractivity contribution is 5.83. The van der Waals surface area contributed by atoms with E-state index in [1.165, 1.54) is 6.07 Å². The fourth-order valence-electron chi connectivity index (χ4n) is 3.30. The van der Waals surface area contributed by atoms with Gasteiger partial charge >= 0.3 is 11.6 Å². The molecule has 0 aliphatic heterocycles. The minimum absolute atomic E-state index is 0.246. The molecule has 0 amide bonds. The molecule has 0 bridgehead atoms. The van der Waals surface area contributed by atoms with Crippen molar-refractivity contribution in [2.24, 2.45) is 0 Å². The lowest BCUT2D eigenvalue weighted by atomic mass is 10.0. The van der Waals surface area contributed by atoms with Crippen LogP contribution in [0.2, 0.25) is 0 Å². The highest BCUT2D eigenvalue weighted by Crippen LogP contribution is 2.29. The van der Waals surface area contributed by atoms with Crippen molar-refractivity contribution in [1.82, 2.24) is 0 Å². The summed E-state index contributed by atoms with van der Waals surface area (Å²) in [5.41, 5.74) is 5.19. The first-order valence-electron chi connectivity index (χ1n) is 9.79. The fraction of sp³-hybridized carbons (Fsp3) is 0.333. The first-order chi connectivity index (χ1) is 13.9. The molecule has 0 aliphatic carbocycles. The van der Waals surface area contributed by atoms with Gasteiger partial charge in [-0.3, -0.25) is 4.79 Å². The number of hydrogen-bond acceptors (Lipinski definition) is 5. The Morgan fingerprint density at radius 2 is 1.79 bits per heavy atom. The van der Waals surface area contributed by atoms with Crippen molar-refractivity contribution >= 4 is 16.9 Å². The number of rotatable bonds is 7. The van der Waals surface area contributed by atoms with Crippen LogP contribution in [0.3, 0.4) is 0 Å². The third-order valence-corrected chi connectivity index (χ3v) is 4.92. The zero-order valence-electron chi connectivity index (χ0n) is 17.3. The molecule has 29 heavy (non-hydrogen) atoms. The quantitative estimate of drug-likeness (QED) is 0.426. The largest absolute Gasteiger partial charge is 0.488 e. The first kappa shape index (κ1) is 20.6. The Morgan fingerprint density at radius 3 is 2.55 bits per heavy atom. The number of hydrogen-bond donors (Lipinski definition) is 0. The fourth-order valence-corrected chi connectivity index (χ4v) is 3.30. The molecule has 0 N–H and O–H groups in total. The van der Waals surface area contributed by atoms with Crippen molar-refractivity contribution in [1.29, 1.82) is 0 Å². The highest BCUT2D eigenvalue weighted by atomic mass is 16.5. The van der Waals surface area contributed by atoms with E-state index in [2.05, 4.69) is 18.2 Å². The molecule has 2 aromatic carbocycles. The molecule has 5 nitrogen and oxygen atoms in total. The third-order valence-electron chi connectivity index (χ3n) is 4.92. The lowest BCUT2D eigenvalue weighted by Crippen LogP contribution is -2.07. The van der Waals surface area contributed by atoms with Crippen LogP contribution in [0.5, 0.6) is 5.75 Å². The van der Waals surface area contributed by atoms with Crippen molar-refractivity contribution in [3.8, 4) is 5.75 Å². The molecule has 0 fully saturated rings. The van der Waals surface area contributed by atoms with Crippen LogP contribution in [-0.2, 0) is 22.6 Å². The van der Waals surface area contributed by atoms with E-state index in [-0.39, 0.29) is 12.4 Å². The van der Waals surface area contributed by atoms with Gasteiger partial charge in [-0.15, -0.1) is 0 Å². The molecule has 1 heterocycles. The van der Waals surface area contributed by atoms with Crippen molar-refractivity contribution < 1.29 is 18.7 Å². The summed E-state index contributed by atoms with van der Waals surface area (Å²) in [7, 11) is 0. The molecular formula is C24H26O5. The van der Waals surface area contributed by atoms with Gasteiger partial charge in [-0.05, 0) is 62.4 Å². The molecule has 3 aromatic rings. The normalized spacial score (nSPS) is 10.9. The molecule has 5 heteroatoms. The zero-order valence-corrected chi connectivity index (χ0v) is 17.3. The second kappa shape index (κ2) is 8.95. The SMILES string of the molecule is CCOC(=O)CCc1cc2c(C)cc(=O)oc2cc1OCc1cc(C)ccc1C. The Bertz CT molecular complexity index is 1090. The Kier molecular flexibility index (Phi) is 6.37. The van der Waals surface area contributed by atoms with Gasteiger partial charge in [0.05, 0.1) is 6.61 Å². The highest BCUT2D eigenvalue weighted by Gasteiger charge is 2.13. The van der Waals surface area contributed by atoms with E-state index in [0.717, 1.165) is 33.2 Å². The molecule has 1 aromatic heterocycles. The molecule has 0 saturated heterocycles. The molecule has 0 saturated carbocycles. The maximum Gasteiger partial charge on any atom is 0.336 e. The summed E-state index contributed by atoms with van der Waals surface area (Å²) in [6.07, 6.45) is 0.741. The van der Waals surface area contributed by atoms with Crippen LogP contribution >= 0.6 is 0 Å². The molecule has 0 radical (unpaired) electrons. The predicted octanol–water partition coefficient (Wildman–Crippen LogP) is 4.79. The number of benzene rings is 2. The van der Waals surface area contributed by atoms with Gasteiger partial charge in [0.15, 0.2) is 0 Å². The van der Waals surface area contributed by atoms with E-state index in [0.29, 0.717) is 31.0 Å². The van der Waals surface area contributed by atoms with E-state index in [4.69, 9.17) is 13.9 Å². The van der Waals surface area contributed by atoms with Crippen LogP contribution in [0.4, 0.5) is 0 Å². The number of ether oxygens (including phenoxy) is 2. The number of fused-ring (bicyclic) bond motifs is 1. The summed E-state index contributed by atoms with van der Waals surface area (Å²) in [4.78, 5) is 23.6. The van der Waals surface area contributed by atoms with E-state index in [1.54, 1.807) is 13.0 Å². The van der Waals surface area contributed by atoms with Gasteiger partial charge in [0, 0.05) is 23.9 Å². The first-order valence-corrected chi connectivity index (χ1v) is 9.79. The van der Waals surface area contributed by atoms with Crippen molar-refractivity contribution in [2.75, 3.05) is 6.61 Å². The Balaban J connectivity index is 1.95. The van der Waals surface area contributed by atoms with Gasteiger partial charge in [-0.2, -0.15) is 0 Å². The van der Waals surface area contributed by atoms with Gasteiger partial charge < -0.3 is 13.9 Å². The summed E-state index contributed by atoms with van der Waals surface area (Å²) in [5.74, 6) is 0.362. The average molecular weight is 394 g/mol. The minimum Gasteiger partial charge on any atom is -0.488 e. The lowest BCUT2D eigenvalue weighted by Gasteiger charge is -2.15. The summed E-state index contributed by atoms with van der Waals surface area (Å²) in [6.45, 7) is 8.49. The molecule has 152 valence electrons. The molecule has 0 spiro atoms. The number of carbonyl (C=O) groups is 1. The average Bonchev–Trinajstić information content (AvgIpc) is 2.67. The van der Waals surface area contributed by atoms with Crippen LogP contribution in [0.25, 0.3) is 11.0 Å². The number of esters is 1. The van der Waals surface area contributed by atoms with Gasteiger partial charge in [0.25, 0.3) is 0 Å². The van der Waals surface area contributed by atoms with Crippen LogP contribution < -0.4 is 10.4 Å². The van der Waals surface area contributed by atoms with Crippen molar-refractivity contribution in [3.63, 3.8) is 0 Å². The smallest absolute Gasteiger partial charge is 0.336 e. The minimum atomic E-state index is -0.394. The van der Waals surface area contributed by atoms with Gasteiger partial charge in [-0.25, -0.2) is 4.79 Å². The zero-order chi connectivity index (χ0) is 21.0. The maximum atomic E-state index is 11.8. The van der Waals surface area contributed by atoms with Gasteiger partial charge in [-0.1, -0.05) is 23.8 Å². The van der Waals surface area contributed by atoms with Crippen molar-refractivity contribution in [2.45, 2.75) is 47.1 Å². The molecule has 3 rings (SSSR count). The van der Waals surface area contributed by atoms with E-state index in [9.17, 15) is 9.59 Å². The van der Waals surface area contributed by atoms with Crippen LogP contribution in [0, 0.1) is 20.8 Å². The summed E-state index contributed by atoms with van der Waals surface area (Å²) >= 11 is 0. The topological polar surface area (TPSA) is 65.7 Å². The lowest BCUT2D eigenvalue weighted by molar-refractivity contribution is -0.143. The molecular weight excluding hydrogens is 368 g/mol. The summed E-state index contributed by atoms with van der Waals surface area (Å²) in [5, 5.41) is 0.836. The standard InChI is InChI=1S/C24H26O5/c1-5-27-23(25)9-8-18-12-20-17(4)11-24(26)29-22(20)13-21(18)28-14-19-10-15(2)6-7-16(19)3/h6-7,10-13H,5,8-9,14H2,1-4H3. The Hall–Kier alpha value is -3.08. The second-order valence-electron chi connectivity index (χ2n) is 7.23.